The number of aromatic nitrogens is 4. The topological polar surface area (TPSA) is 43.6 Å². The summed E-state index contributed by atoms with van der Waals surface area (Å²) in [5.74, 6) is 0.839. The lowest BCUT2D eigenvalue weighted by atomic mass is 10.2. The van der Waals surface area contributed by atoms with Crippen molar-refractivity contribution < 1.29 is 0 Å². The smallest absolute Gasteiger partial charge is 0.187 e. The van der Waals surface area contributed by atoms with Crippen LogP contribution in [0.3, 0.4) is 0 Å². The van der Waals surface area contributed by atoms with Crippen LogP contribution in [-0.4, -0.2) is 20.2 Å². The molecule has 2 aromatic carbocycles. The molecule has 1 aromatic heterocycles. The zero-order valence-corrected chi connectivity index (χ0v) is 13.6. The van der Waals surface area contributed by atoms with Crippen LogP contribution in [0.1, 0.15) is 11.1 Å². The van der Waals surface area contributed by atoms with Crippen molar-refractivity contribution >= 4 is 26.3 Å². The summed E-state index contributed by atoms with van der Waals surface area (Å²) in [5, 5.41) is 14.1. The predicted molar refractivity (Wildman–Crippen MR) is 89.2 cm³/mol. The molecule has 0 radical (unpaired) electrons. The fourth-order valence-electron chi connectivity index (χ4n) is 2.03. The van der Waals surface area contributed by atoms with Crippen LogP contribution >= 0.6 is 21.0 Å². The van der Waals surface area contributed by atoms with Gasteiger partial charge in [-0.05, 0) is 39.8 Å². The van der Waals surface area contributed by atoms with Crippen LogP contribution in [0, 0.1) is 6.92 Å². The maximum absolute atomic E-state index is 4.14. The first-order chi connectivity index (χ1) is 10.3. The summed E-state index contributed by atoms with van der Waals surface area (Å²) in [7, 11) is 2.76. The highest BCUT2D eigenvalue weighted by Crippen LogP contribution is 2.23. The van der Waals surface area contributed by atoms with Crippen LogP contribution in [0.2, 0.25) is 0 Å². The lowest BCUT2D eigenvalue weighted by Gasteiger charge is -2.08. The Hall–Kier alpha value is -1.71. The molecular weight excluding hydrogens is 299 g/mol. The van der Waals surface area contributed by atoms with E-state index in [2.05, 4.69) is 49.9 Å². The molecular formula is C15H15N4PS. The van der Waals surface area contributed by atoms with E-state index in [1.165, 1.54) is 10.9 Å². The van der Waals surface area contributed by atoms with Gasteiger partial charge in [0.25, 0.3) is 0 Å². The lowest BCUT2D eigenvalue weighted by Crippen LogP contribution is -2.03. The zero-order valence-electron chi connectivity index (χ0n) is 11.6. The number of rotatable bonds is 4. The van der Waals surface area contributed by atoms with E-state index >= 15 is 0 Å². The number of hydrogen-bond donors (Lipinski definition) is 0. The Morgan fingerprint density at radius 1 is 1.10 bits per heavy atom. The second kappa shape index (κ2) is 6.37. The first-order valence-corrected chi connectivity index (χ1v) is 8.12. The van der Waals surface area contributed by atoms with Gasteiger partial charge in [0, 0.05) is 5.75 Å². The number of nitrogens with zero attached hydrogens (tertiary/aromatic N) is 4. The van der Waals surface area contributed by atoms with Crippen LogP contribution < -0.4 is 5.30 Å². The van der Waals surface area contributed by atoms with E-state index in [1.54, 1.807) is 16.4 Å². The predicted octanol–water partition coefficient (Wildman–Crippen LogP) is 2.76. The lowest BCUT2D eigenvalue weighted by molar-refractivity contribution is 0.752. The maximum Gasteiger partial charge on any atom is 0.214 e. The quantitative estimate of drug-likeness (QED) is 0.549. The molecule has 0 saturated carbocycles. The van der Waals surface area contributed by atoms with E-state index in [4.69, 9.17) is 0 Å². The fourth-order valence-corrected chi connectivity index (χ4v) is 3.39. The minimum Gasteiger partial charge on any atom is -0.187 e. The molecule has 0 saturated heterocycles. The Kier molecular flexibility index (Phi) is 4.32. The molecule has 106 valence electrons. The van der Waals surface area contributed by atoms with Gasteiger partial charge < -0.3 is 0 Å². The standard InChI is InChI=1S/C15H15N4PS/c1-11-6-2-4-8-13(11)19-15(16-17-18-19)21-10-12-7-3-5-9-14(12)20/h2-9H,10,20H2,1H3. The molecule has 0 spiro atoms. The third-order valence-electron chi connectivity index (χ3n) is 3.20. The summed E-state index contributed by atoms with van der Waals surface area (Å²) in [4.78, 5) is 0. The molecule has 0 N–H and O–H groups in total. The van der Waals surface area contributed by atoms with Crippen LogP contribution in [0.5, 0.6) is 0 Å². The van der Waals surface area contributed by atoms with Crippen LogP contribution in [0.4, 0.5) is 0 Å². The van der Waals surface area contributed by atoms with Gasteiger partial charge in [-0.2, -0.15) is 4.68 Å². The zero-order chi connectivity index (χ0) is 14.7. The molecule has 0 fully saturated rings. The number of tetrazole rings is 1. The van der Waals surface area contributed by atoms with Crippen molar-refractivity contribution in [2.45, 2.75) is 17.8 Å². The Labute approximate surface area is 130 Å². The van der Waals surface area contributed by atoms with Gasteiger partial charge in [0.2, 0.25) is 5.16 Å². The Balaban J connectivity index is 1.84. The summed E-state index contributed by atoms with van der Waals surface area (Å²) in [6.45, 7) is 2.06. The Bertz CT molecular complexity index is 757. The second-order valence-electron chi connectivity index (χ2n) is 4.65. The van der Waals surface area contributed by atoms with E-state index in [0.717, 1.165) is 22.2 Å². The molecule has 3 rings (SSSR count). The van der Waals surface area contributed by atoms with Gasteiger partial charge in [0.05, 0.1) is 5.69 Å². The number of para-hydroxylation sites is 1. The SMILES string of the molecule is Cc1ccccc1-n1nnnc1SCc1ccccc1P. The summed E-state index contributed by atoms with van der Waals surface area (Å²) in [6, 6.07) is 16.4. The average molecular weight is 314 g/mol. The Morgan fingerprint density at radius 2 is 1.86 bits per heavy atom. The number of aryl methyl sites for hydroxylation is 1. The monoisotopic (exact) mass is 314 g/mol. The molecule has 0 aliphatic heterocycles. The summed E-state index contributed by atoms with van der Waals surface area (Å²) in [5.41, 5.74) is 3.44. The van der Waals surface area contributed by atoms with Crippen molar-refractivity contribution in [2.24, 2.45) is 0 Å². The van der Waals surface area contributed by atoms with Crippen molar-refractivity contribution in [3.63, 3.8) is 0 Å². The van der Waals surface area contributed by atoms with E-state index in [0.29, 0.717) is 0 Å². The minimum absolute atomic E-state index is 0.803. The summed E-state index contributed by atoms with van der Waals surface area (Å²) < 4.78 is 1.80. The molecule has 3 aromatic rings. The van der Waals surface area contributed by atoms with Gasteiger partial charge in [-0.3, -0.25) is 0 Å². The van der Waals surface area contributed by atoms with Gasteiger partial charge in [0.1, 0.15) is 0 Å². The van der Waals surface area contributed by atoms with Crippen molar-refractivity contribution in [3.05, 3.63) is 59.7 Å². The molecule has 6 heteroatoms. The highest BCUT2D eigenvalue weighted by molar-refractivity contribution is 7.98. The normalized spacial score (nSPS) is 10.8. The van der Waals surface area contributed by atoms with Crippen LogP contribution in [0.15, 0.2) is 53.7 Å². The van der Waals surface area contributed by atoms with Crippen molar-refractivity contribution in [3.8, 4) is 5.69 Å². The third-order valence-corrected chi connectivity index (χ3v) is 4.73. The highest BCUT2D eigenvalue weighted by Gasteiger charge is 2.11. The third kappa shape index (κ3) is 3.14. The van der Waals surface area contributed by atoms with Gasteiger partial charge in [-0.15, -0.1) is 14.3 Å². The van der Waals surface area contributed by atoms with Gasteiger partial charge in [0.15, 0.2) is 0 Å². The van der Waals surface area contributed by atoms with Crippen LogP contribution in [0.25, 0.3) is 5.69 Å². The molecule has 1 unspecified atom stereocenters. The van der Waals surface area contributed by atoms with E-state index in [1.807, 2.05) is 30.3 Å². The van der Waals surface area contributed by atoms with Gasteiger partial charge >= 0.3 is 0 Å². The largest absolute Gasteiger partial charge is 0.214 e. The average Bonchev–Trinajstić information content (AvgIpc) is 2.95. The minimum atomic E-state index is 0.803. The van der Waals surface area contributed by atoms with Crippen LogP contribution in [-0.2, 0) is 5.75 Å². The molecule has 0 aliphatic rings. The van der Waals surface area contributed by atoms with E-state index in [9.17, 15) is 0 Å². The van der Waals surface area contributed by atoms with Crippen molar-refractivity contribution in [1.29, 1.82) is 0 Å². The summed E-state index contributed by atoms with van der Waals surface area (Å²) >= 11 is 1.64. The molecule has 21 heavy (non-hydrogen) atoms. The molecule has 4 nitrogen and oxygen atoms in total. The number of thioether (sulfide) groups is 1. The first kappa shape index (κ1) is 14.2. The van der Waals surface area contributed by atoms with Crippen molar-refractivity contribution in [2.75, 3.05) is 0 Å². The molecule has 0 aliphatic carbocycles. The highest BCUT2D eigenvalue weighted by atomic mass is 32.2. The van der Waals surface area contributed by atoms with Crippen molar-refractivity contribution in [1.82, 2.24) is 20.2 Å². The Morgan fingerprint density at radius 3 is 2.67 bits per heavy atom. The first-order valence-electron chi connectivity index (χ1n) is 6.56. The second-order valence-corrected chi connectivity index (χ2v) is 6.21. The van der Waals surface area contributed by atoms with E-state index in [-0.39, 0.29) is 0 Å². The molecule has 1 atom stereocenters. The molecule has 1 heterocycles. The van der Waals surface area contributed by atoms with E-state index < -0.39 is 0 Å². The fraction of sp³-hybridized carbons (Fsp3) is 0.133. The maximum atomic E-state index is 4.14. The molecule has 0 bridgehead atoms. The summed E-state index contributed by atoms with van der Waals surface area (Å²) in [6.07, 6.45) is 0. The number of hydrogen-bond acceptors (Lipinski definition) is 4. The van der Waals surface area contributed by atoms with Gasteiger partial charge in [-0.25, -0.2) is 0 Å². The molecule has 0 amide bonds. The van der Waals surface area contributed by atoms with Gasteiger partial charge in [-0.1, -0.05) is 54.2 Å². The number of benzene rings is 2.